The lowest BCUT2D eigenvalue weighted by molar-refractivity contribution is 0.252. The summed E-state index contributed by atoms with van der Waals surface area (Å²) < 4.78 is 5.55. The van der Waals surface area contributed by atoms with Crippen molar-refractivity contribution >= 4 is 22.8 Å². The molecule has 3 rings (SSSR count). The molecule has 3 aromatic rings. The summed E-state index contributed by atoms with van der Waals surface area (Å²) in [4.78, 5) is 16.4. The van der Waals surface area contributed by atoms with Crippen LogP contribution in [0.1, 0.15) is 23.9 Å². The zero-order chi connectivity index (χ0) is 17.6. The molecular weight excluding hydrogens is 318 g/mol. The molecule has 0 aliphatic rings. The lowest BCUT2D eigenvalue weighted by atomic mass is 10.1. The molecule has 1 heterocycles. The first-order valence-corrected chi connectivity index (χ1v) is 8.31. The number of benzene rings is 2. The number of amides is 2. The Morgan fingerprint density at radius 1 is 1.16 bits per heavy atom. The average Bonchev–Trinajstić information content (AvgIpc) is 3.05. The van der Waals surface area contributed by atoms with Crippen molar-refractivity contribution in [1.82, 2.24) is 10.3 Å². The molecular formula is C19H21N3O3. The Bertz CT molecular complexity index is 856. The highest BCUT2D eigenvalue weighted by atomic mass is 16.3. The Balaban J connectivity index is 1.51. The number of aliphatic hydroxyl groups excluding tert-OH is 1. The second-order valence-corrected chi connectivity index (χ2v) is 5.75. The quantitative estimate of drug-likeness (QED) is 0.643. The fourth-order valence-corrected chi connectivity index (χ4v) is 2.51. The number of aromatic nitrogens is 1. The normalized spacial score (nSPS) is 10.8. The number of aryl methyl sites for hydroxylation is 1. The zero-order valence-electron chi connectivity index (χ0n) is 14.1. The molecule has 1 aromatic heterocycles. The Hall–Kier alpha value is -2.86. The van der Waals surface area contributed by atoms with Crippen molar-refractivity contribution < 1.29 is 14.3 Å². The van der Waals surface area contributed by atoms with Crippen LogP contribution in [0.3, 0.4) is 0 Å². The summed E-state index contributed by atoms with van der Waals surface area (Å²) in [7, 11) is 0. The third-order valence-corrected chi connectivity index (χ3v) is 3.90. The van der Waals surface area contributed by atoms with E-state index in [0.717, 1.165) is 29.5 Å². The molecule has 130 valence electrons. The predicted octanol–water partition coefficient (Wildman–Crippen LogP) is 3.25. The standard InChI is InChI=1S/C19H21N3O3/c1-2-18-22-16-11-15(7-8-17(16)25-18)21-19(24)20-10-9-13-3-5-14(12-23)6-4-13/h3-8,11,23H,2,9-10,12H2,1H3,(H2,20,21,24). The fourth-order valence-electron chi connectivity index (χ4n) is 2.51. The number of hydrogen-bond acceptors (Lipinski definition) is 4. The second-order valence-electron chi connectivity index (χ2n) is 5.75. The van der Waals surface area contributed by atoms with Gasteiger partial charge in [-0.15, -0.1) is 0 Å². The van der Waals surface area contributed by atoms with Crippen molar-refractivity contribution in [2.45, 2.75) is 26.4 Å². The number of fused-ring (bicyclic) bond motifs is 1. The molecule has 0 aliphatic carbocycles. The van der Waals surface area contributed by atoms with Crippen molar-refractivity contribution in [3.8, 4) is 0 Å². The molecule has 0 atom stereocenters. The van der Waals surface area contributed by atoms with E-state index in [9.17, 15) is 4.79 Å². The minimum atomic E-state index is -0.259. The molecule has 0 aliphatic heterocycles. The highest BCUT2D eigenvalue weighted by Crippen LogP contribution is 2.20. The van der Waals surface area contributed by atoms with Gasteiger partial charge in [-0.2, -0.15) is 0 Å². The SMILES string of the molecule is CCc1nc2cc(NC(=O)NCCc3ccc(CO)cc3)ccc2o1. The van der Waals surface area contributed by atoms with Crippen molar-refractivity contribution in [2.24, 2.45) is 0 Å². The number of nitrogens with one attached hydrogen (secondary N) is 2. The van der Waals surface area contributed by atoms with Crippen LogP contribution in [-0.2, 0) is 19.4 Å². The van der Waals surface area contributed by atoms with Gasteiger partial charge >= 0.3 is 6.03 Å². The lowest BCUT2D eigenvalue weighted by Gasteiger charge is -2.08. The van der Waals surface area contributed by atoms with Crippen molar-refractivity contribution in [3.05, 3.63) is 59.5 Å². The van der Waals surface area contributed by atoms with Gasteiger partial charge in [-0.1, -0.05) is 31.2 Å². The molecule has 0 saturated carbocycles. The number of carbonyl (C=O) groups is 1. The van der Waals surface area contributed by atoms with E-state index in [2.05, 4.69) is 15.6 Å². The molecule has 0 spiro atoms. The van der Waals surface area contributed by atoms with E-state index in [0.29, 0.717) is 23.7 Å². The molecule has 6 nitrogen and oxygen atoms in total. The minimum Gasteiger partial charge on any atom is -0.441 e. The van der Waals surface area contributed by atoms with Crippen LogP contribution in [0, 0.1) is 0 Å². The van der Waals surface area contributed by atoms with E-state index < -0.39 is 0 Å². The number of nitrogens with zero attached hydrogens (tertiary/aromatic N) is 1. The molecule has 0 unspecified atom stereocenters. The van der Waals surface area contributed by atoms with Gasteiger partial charge in [0.2, 0.25) is 0 Å². The Labute approximate surface area is 145 Å². The number of rotatable bonds is 6. The summed E-state index contributed by atoms with van der Waals surface area (Å²) in [5.74, 6) is 0.684. The summed E-state index contributed by atoms with van der Waals surface area (Å²) in [6, 6.07) is 12.8. The van der Waals surface area contributed by atoms with E-state index in [4.69, 9.17) is 9.52 Å². The van der Waals surface area contributed by atoms with Crippen LogP contribution in [-0.4, -0.2) is 22.7 Å². The van der Waals surface area contributed by atoms with Crippen LogP contribution >= 0.6 is 0 Å². The number of oxazole rings is 1. The monoisotopic (exact) mass is 339 g/mol. The first-order valence-electron chi connectivity index (χ1n) is 8.31. The van der Waals surface area contributed by atoms with Gasteiger partial charge in [0.05, 0.1) is 6.61 Å². The van der Waals surface area contributed by atoms with Gasteiger partial charge in [0.15, 0.2) is 11.5 Å². The van der Waals surface area contributed by atoms with E-state index in [1.807, 2.05) is 31.2 Å². The minimum absolute atomic E-state index is 0.0382. The van der Waals surface area contributed by atoms with Crippen LogP contribution < -0.4 is 10.6 Å². The molecule has 2 amide bonds. The average molecular weight is 339 g/mol. The van der Waals surface area contributed by atoms with E-state index in [1.165, 1.54) is 0 Å². The van der Waals surface area contributed by atoms with Crippen molar-refractivity contribution in [3.63, 3.8) is 0 Å². The molecule has 0 bridgehead atoms. The van der Waals surface area contributed by atoms with Gasteiger partial charge in [-0.05, 0) is 35.7 Å². The zero-order valence-corrected chi connectivity index (χ0v) is 14.1. The van der Waals surface area contributed by atoms with E-state index in [-0.39, 0.29) is 12.6 Å². The van der Waals surface area contributed by atoms with Crippen LogP contribution in [0.25, 0.3) is 11.1 Å². The number of anilines is 1. The summed E-state index contributed by atoms with van der Waals surface area (Å²) >= 11 is 0. The summed E-state index contributed by atoms with van der Waals surface area (Å²) in [5, 5.41) is 14.7. The molecule has 25 heavy (non-hydrogen) atoms. The fraction of sp³-hybridized carbons (Fsp3) is 0.263. The van der Waals surface area contributed by atoms with Gasteiger partial charge in [0.1, 0.15) is 5.52 Å². The first-order chi connectivity index (χ1) is 12.2. The third-order valence-electron chi connectivity index (χ3n) is 3.90. The van der Waals surface area contributed by atoms with Crippen molar-refractivity contribution in [2.75, 3.05) is 11.9 Å². The maximum Gasteiger partial charge on any atom is 0.319 e. The third kappa shape index (κ3) is 4.36. The smallest absolute Gasteiger partial charge is 0.319 e. The number of urea groups is 1. The van der Waals surface area contributed by atoms with Gasteiger partial charge in [-0.25, -0.2) is 9.78 Å². The predicted molar refractivity (Wildman–Crippen MR) is 96.5 cm³/mol. The van der Waals surface area contributed by atoms with Gasteiger partial charge in [0, 0.05) is 18.7 Å². The second kappa shape index (κ2) is 7.81. The molecule has 0 radical (unpaired) electrons. The Morgan fingerprint density at radius 2 is 1.92 bits per heavy atom. The van der Waals surface area contributed by atoms with E-state index in [1.54, 1.807) is 18.2 Å². The topological polar surface area (TPSA) is 87.4 Å². The molecule has 0 fully saturated rings. The maximum atomic E-state index is 12.0. The maximum absolute atomic E-state index is 12.0. The molecule has 3 N–H and O–H groups in total. The molecule has 0 saturated heterocycles. The van der Waals surface area contributed by atoms with Crippen LogP contribution in [0.4, 0.5) is 10.5 Å². The summed E-state index contributed by atoms with van der Waals surface area (Å²) in [6.07, 6.45) is 1.46. The Morgan fingerprint density at radius 3 is 2.64 bits per heavy atom. The number of hydrogen-bond donors (Lipinski definition) is 3. The van der Waals surface area contributed by atoms with Crippen LogP contribution in [0.15, 0.2) is 46.9 Å². The number of carbonyl (C=O) groups excluding carboxylic acids is 1. The van der Waals surface area contributed by atoms with Crippen LogP contribution in [0.5, 0.6) is 0 Å². The largest absolute Gasteiger partial charge is 0.441 e. The first kappa shape index (κ1) is 17.0. The highest BCUT2D eigenvalue weighted by Gasteiger charge is 2.07. The van der Waals surface area contributed by atoms with Gasteiger partial charge < -0.3 is 20.2 Å². The Kier molecular flexibility index (Phi) is 5.30. The van der Waals surface area contributed by atoms with E-state index >= 15 is 0 Å². The summed E-state index contributed by atoms with van der Waals surface area (Å²) in [6.45, 7) is 2.54. The van der Waals surface area contributed by atoms with Crippen LogP contribution in [0.2, 0.25) is 0 Å². The molecule has 2 aromatic carbocycles. The molecule has 6 heteroatoms. The van der Waals surface area contributed by atoms with Crippen molar-refractivity contribution in [1.29, 1.82) is 0 Å². The lowest BCUT2D eigenvalue weighted by Crippen LogP contribution is -2.30. The van der Waals surface area contributed by atoms with Gasteiger partial charge in [-0.3, -0.25) is 0 Å². The van der Waals surface area contributed by atoms with Gasteiger partial charge in [0.25, 0.3) is 0 Å². The number of aliphatic hydroxyl groups is 1. The highest BCUT2D eigenvalue weighted by molar-refractivity contribution is 5.91. The summed E-state index contributed by atoms with van der Waals surface area (Å²) in [5.41, 5.74) is 4.11.